The number of benzene rings is 2. The first-order valence-electron chi connectivity index (χ1n) is 10.0. The van der Waals surface area contributed by atoms with Crippen molar-refractivity contribution in [1.29, 1.82) is 0 Å². The SMILES string of the molecule is O=C(O)CC1(NC(=O)OCC2c3ccccc3-c3ccccc32)CCCOCC1. The predicted molar refractivity (Wildman–Crippen MR) is 108 cm³/mol. The Hall–Kier alpha value is -2.86. The molecule has 29 heavy (non-hydrogen) atoms. The van der Waals surface area contributed by atoms with E-state index in [1.165, 1.54) is 11.1 Å². The first-order valence-corrected chi connectivity index (χ1v) is 10.0. The number of fused-ring (bicyclic) bond motifs is 3. The number of carbonyl (C=O) groups excluding carboxylic acids is 1. The zero-order valence-electron chi connectivity index (χ0n) is 16.2. The molecule has 0 saturated carbocycles. The summed E-state index contributed by atoms with van der Waals surface area (Å²) in [5.74, 6) is -0.966. The molecule has 4 rings (SSSR count). The maximum absolute atomic E-state index is 12.6. The Morgan fingerprint density at radius 3 is 2.34 bits per heavy atom. The maximum Gasteiger partial charge on any atom is 0.407 e. The van der Waals surface area contributed by atoms with Gasteiger partial charge in [-0.25, -0.2) is 4.79 Å². The third-order valence-electron chi connectivity index (χ3n) is 5.87. The molecule has 152 valence electrons. The van der Waals surface area contributed by atoms with Crippen LogP contribution in [0.25, 0.3) is 11.1 Å². The Kier molecular flexibility index (Phi) is 5.53. The van der Waals surface area contributed by atoms with Crippen LogP contribution in [0.5, 0.6) is 0 Å². The van der Waals surface area contributed by atoms with Gasteiger partial charge in [0.05, 0.1) is 12.0 Å². The molecule has 1 heterocycles. The molecule has 6 heteroatoms. The first kappa shape index (κ1) is 19.5. The number of rotatable bonds is 5. The number of nitrogens with one attached hydrogen (secondary N) is 1. The van der Waals surface area contributed by atoms with E-state index in [2.05, 4.69) is 29.6 Å². The molecule has 2 aliphatic rings. The summed E-state index contributed by atoms with van der Waals surface area (Å²) in [6.45, 7) is 1.21. The molecule has 0 bridgehead atoms. The fourth-order valence-corrected chi connectivity index (χ4v) is 4.49. The highest BCUT2D eigenvalue weighted by molar-refractivity contribution is 5.79. The Labute approximate surface area is 169 Å². The monoisotopic (exact) mass is 395 g/mol. The highest BCUT2D eigenvalue weighted by atomic mass is 16.5. The predicted octanol–water partition coefficient (Wildman–Crippen LogP) is 3.94. The van der Waals surface area contributed by atoms with E-state index in [-0.39, 0.29) is 18.9 Å². The van der Waals surface area contributed by atoms with Crippen LogP contribution in [0.1, 0.15) is 42.7 Å². The van der Waals surface area contributed by atoms with Crippen molar-refractivity contribution >= 4 is 12.1 Å². The van der Waals surface area contributed by atoms with Crippen LogP contribution in [0.15, 0.2) is 48.5 Å². The minimum atomic E-state index is -0.939. The standard InChI is InChI=1S/C23H25NO5/c25-21(26)14-23(10-5-12-28-13-11-23)24-22(27)29-15-20-18-8-3-1-6-16(18)17-7-2-4-9-19(17)20/h1-4,6-9,20H,5,10-15H2,(H,24,27)(H,25,26). The second-order valence-electron chi connectivity index (χ2n) is 7.77. The third kappa shape index (κ3) is 4.12. The number of carboxylic acid groups (broad SMARTS) is 1. The van der Waals surface area contributed by atoms with Crippen molar-refractivity contribution in [1.82, 2.24) is 5.32 Å². The molecule has 2 aromatic rings. The minimum Gasteiger partial charge on any atom is -0.481 e. The van der Waals surface area contributed by atoms with Crippen LogP contribution in [0, 0.1) is 0 Å². The average molecular weight is 395 g/mol. The molecule has 6 nitrogen and oxygen atoms in total. The zero-order chi connectivity index (χ0) is 20.3. The van der Waals surface area contributed by atoms with Crippen molar-refractivity contribution in [2.75, 3.05) is 19.8 Å². The normalized spacial score (nSPS) is 21.0. The molecule has 0 radical (unpaired) electrons. The van der Waals surface area contributed by atoms with E-state index in [9.17, 15) is 14.7 Å². The molecule has 1 unspecified atom stereocenters. The van der Waals surface area contributed by atoms with Gasteiger partial charge in [-0.2, -0.15) is 0 Å². The average Bonchev–Trinajstić information content (AvgIpc) is 2.84. The molecule has 1 fully saturated rings. The molecule has 2 aromatic carbocycles. The van der Waals surface area contributed by atoms with Crippen molar-refractivity contribution in [2.45, 2.75) is 37.1 Å². The summed E-state index contributed by atoms with van der Waals surface area (Å²) in [4.78, 5) is 24.0. The number of hydrogen-bond acceptors (Lipinski definition) is 4. The van der Waals surface area contributed by atoms with Gasteiger partial charge in [-0.15, -0.1) is 0 Å². The largest absolute Gasteiger partial charge is 0.481 e. The van der Waals surface area contributed by atoms with Gasteiger partial charge < -0.3 is 19.9 Å². The van der Waals surface area contributed by atoms with Gasteiger partial charge in [0.1, 0.15) is 6.61 Å². The molecule has 1 amide bonds. The van der Waals surface area contributed by atoms with Gasteiger partial charge >= 0.3 is 12.1 Å². The van der Waals surface area contributed by atoms with Crippen molar-refractivity contribution in [3.8, 4) is 11.1 Å². The fraction of sp³-hybridized carbons (Fsp3) is 0.391. The first-order chi connectivity index (χ1) is 14.1. The number of hydrogen-bond donors (Lipinski definition) is 2. The van der Waals surface area contributed by atoms with Gasteiger partial charge in [0, 0.05) is 19.1 Å². The van der Waals surface area contributed by atoms with Gasteiger partial charge in [-0.05, 0) is 41.5 Å². The van der Waals surface area contributed by atoms with Gasteiger partial charge in [0.15, 0.2) is 0 Å². The van der Waals surface area contributed by atoms with Crippen LogP contribution in [-0.4, -0.2) is 42.5 Å². The van der Waals surface area contributed by atoms with E-state index in [4.69, 9.17) is 9.47 Å². The number of carbonyl (C=O) groups is 2. The van der Waals surface area contributed by atoms with Gasteiger partial charge in [-0.3, -0.25) is 4.79 Å². The molecular weight excluding hydrogens is 370 g/mol. The second kappa shape index (κ2) is 8.25. The molecule has 1 saturated heterocycles. The lowest BCUT2D eigenvalue weighted by Gasteiger charge is -2.31. The molecule has 2 N–H and O–H groups in total. The number of amides is 1. The van der Waals surface area contributed by atoms with Crippen LogP contribution >= 0.6 is 0 Å². The summed E-state index contributed by atoms with van der Waals surface area (Å²) in [6, 6.07) is 16.3. The fourth-order valence-electron chi connectivity index (χ4n) is 4.49. The van der Waals surface area contributed by atoms with E-state index in [0.717, 1.165) is 11.1 Å². The van der Waals surface area contributed by atoms with E-state index < -0.39 is 17.6 Å². The van der Waals surface area contributed by atoms with Crippen molar-refractivity contribution in [2.24, 2.45) is 0 Å². The van der Waals surface area contributed by atoms with Crippen molar-refractivity contribution < 1.29 is 24.2 Å². The van der Waals surface area contributed by atoms with E-state index in [1.807, 2.05) is 24.3 Å². The molecule has 1 aliphatic carbocycles. The third-order valence-corrected chi connectivity index (χ3v) is 5.87. The second-order valence-corrected chi connectivity index (χ2v) is 7.77. The van der Waals surface area contributed by atoms with Crippen LogP contribution in [0.4, 0.5) is 4.79 Å². The van der Waals surface area contributed by atoms with Gasteiger partial charge in [0.25, 0.3) is 0 Å². The highest BCUT2D eigenvalue weighted by Gasteiger charge is 2.36. The topological polar surface area (TPSA) is 84.9 Å². The lowest BCUT2D eigenvalue weighted by Crippen LogP contribution is -2.50. The summed E-state index contributed by atoms with van der Waals surface area (Å²) in [7, 11) is 0. The maximum atomic E-state index is 12.6. The smallest absolute Gasteiger partial charge is 0.407 e. The van der Waals surface area contributed by atoms with E-state index >= 15 is 0 Å². The Morgan fingerprint density at radius 2 is 1.69 bits per heavy atom. The number of ether oxygens (including phenoxy) is 2. The highest BCUT2D eigenvalue weighted by Crippen LogP contribution is 2.44. The van der Waals surface area contributed by atoms with Crippen LogP contribution < -0.4 is 5.32 Å². The zero-order valence-corrected chi connectivity index (χ0v) is 16.2. The molecular formula is C23H25NO5. The van der Waals surface area contributed by atoms with Crippen molar-refractivity contribution in [3.63, 3.8) is 0 Å². The van der Waals surface area contributed by atoms with Crippen molar-refractivity contribution in [3.05, 3.63) is 59.7 Å². The summed E-state index contributed by atoms with van der Waals surface area (Å²) >= 11 is 0. The quantitative estimate of drug-likeness (QED) is 0.801. The summed E-state index contributed by atoms with van der Waals surface area (Å²) in [6.07, 6.45) is 1.01. The molecule has 0 aromatic heterocycles. The van der Waals surface area contributed by atoms with Gasteiger partial charge in [-0.1, -0.05) is 48.5 Å². The lowest BCUT2D eigenvalue weighted by atomic mass is 9.87. The Morgan fingerprint density at radius 1 is 1.03 bits per heavy atom. The lowest BCUT2D eigenvalue weighted by molar-refractivity contribution is -0.138. The van der Waals surface area contributed by atoms with Crippen LogP contribution in [0.2, 0.25) is 0 Å². The van der Waals surface area contributed by atoms with Crippen LogP contribution in [0.3, 0.4) is 0 Å². The number of aliphatic carboxylic acids is 1. The minimum absolute atomic E-state index is 0.0268. The van der Waals surface area contributed by atoms with E-state index in [1.54, 1.807) is 0 Å². The molecule has 1 atom stereocenters. The number of carboxylic acids is 1. The van der Waals surface area contributed by atoms with E-state index in [0.29, 0.717) is 32.5 Å². The Balaban J connectivity index is 1.47. The van der Waals surface area contributed by atoms with Gasteiger partial charge in [0.2, 0.25) is 0 Å². The van der Waals surface area contributed by atoms with Crippen LogP contribution in [-0.2, 0) is 14.3 Å². The summed E-state index contributed by atoms with van der Waals surface area (Å²) in [5, 5.41) is 12.2. The number of alkyl carbamates (subject to hydrolysis) is 1. The molecule has 1 aliphatic heterocycles. The Bertz CT molecular complexity index is 856. The molecule has 0 spiro atoms. The summed E-state index contributed by atoms with van der Waals surface area (Å²) in [5.41, 5.74) is 3.79. The summed E-state index contributed by atoms with van der Waals surface area (Å²) < 4.78 is 11.1.